The van der Waals surface area contributed by atoms with E-state index in [4.69, 9.17) is 15.5 Å². The molecule has 3 aliphatic carbocycles. The number of carbonyl (C=O) groups is 1. The minimum atomic E-state index is -0.487. The Morgan fingerprint density at radius 2 is 1.88 bits per heavy atom. The van der Waals surface area contributed by atoms with Gasteiger partial charge in [-0.2, -0.15) is 0 Å². The number of piperidine rings is 1. The number of aromatic nitrogens is 4. The van der Waals surface area contributed by atoms with E-state index in [0.717, 1.165) is 29.8 Å². The van der Waals surface area contributed by atoms with E-state index in [1.165, 1.54) is 42.6 Å². The molecule has 1 aliphatic heterocycles. The number of hydrogen-bond acceptors (Lipinski definition) is 8. The molecule has 0 radical (unpaired) electrons. The molecule has 1 spiro atoms. The van der Waals surface area contributed by atoms with Crippen molar-refractivity contribution in [3.05, 3.63) is 58.5 Å². The van der Waals surface area contributed by atoms with E-state index >= 15 is 0 Å². The van der Waals surface area contributed by atoms with Gasteiger partial charge in [0.25, 0.3) is 5.91 Å². The molecule has 3 fully saturated rings. The molecule has 9 heteroatoms. The van der Waals surface area contributed by atoms with E-state index in [1.807, 2.05) is 31.7 Å². The lowest BCUT2D eigenvalue weighted by Crippen LogP contribution is -2.33. The fourth-order valence-corrected chi connectivity index (χ4v) is 7.59. The molecular weight excluding hydrogens is 520 g/mol. The maximum Gasteiger partial charge on any atom is 0.265 e. The Hall–Kier alpha value is -3.17. The van der Waals surface area contributed by atoms with Gasteiger partial charge in [-0.3, -0.25) is 4.79 Å². The monoisotopic (exact) mass is 556 g/mol. The van der Waals surface area contributed by atoms with Crippen LogP contribution in [0, 0.1) is 24.2 Å². The van der Waals surface area contributed by atoms with Gasteiger partial charge in [0.05, 0.1) is 11.4 Å². The van der Waals surface area contributed by atoms with Crippen molar-refractivity contribution in [2.45, 2.75) is 70.9 Å². The third kappa shape index (κ3) is 4.63. The summed E-state index contributed by atoms with van der Waals surface area (Å²) in [7, 11) is 0. The molecule has 4 aliphatic rings. The van der Waals surface area contributed by atoms with Gasteiger partial charge >= 0.3 is 0 Å². The zero-order valence-corrected chi connectivity index (χ0v) is 24.2. The first-order chi connectivity index (χ1) is 19.2. The van der Waals surface area contributed by atoms with Crippen LogP contribution in [0.4, 0.5) is 0 Å². The molecule has 4 heterocycles. The molecule has 3 aromatic rings. The fourth-order valence-electron chi connectivity index (χ4n) is 6.60. The number of carbonyl (C=O) groups excluding carboxylic acids is 1. The van der Waals surface area contributed by atoms with Crippen molar-refractivity contribution >= 4 is 22.8 Å². The van der Waals surface area contributed by atoms with Gasteiger partial charge in [0, 0.05) is 48.9 Å². The van der Waals surface area contributed by atoms with Gasteiger partial charge in [-0.15, -0.1) is 11.3 Å². The molecule has 1 amide bonds. The number of ether oxygens (including phenoxy) is 1. The third-order valence-corrected chi connectivity index (χ3v) is 10.5. The number of likely N-dealkylation sites (tertiary alicyclic amines) is 1. The second kappa shape index (κ2) is 9.45. The minimum Gasteiger partial charge on any atom is -0.474 e. The summed E-state index contributed by atoms with van der Waals surface area (Å²) in [5, 5.41) is 0.674. The highest BCUT2D eigenvalue weighted by Crippen LogP contribution is 2.52. The molecular formula is C31H36N6O2S. The minimum absolute atomic E-state index is 0.0314. The first-order valence-corrected chi connectivity index (χ1v) is 15.2. The van der Waals surface area contributed by atoms with Crippen molar-refractivity contribution in [1.29, 1.82) is 0 Å². The molecule has 208 valence electrons. The zero-order chi connectivity index (χ0) is 27.6. The van der Waals surface area contributed by atoms with Crippen LogP contribution in [0.5, 0.6) is 5.88 Å². The third-order valence-electron chi connectivity index (χ3n) is 9.40. The molecule has 40 heavy (non-hydrogen) atoms. The SMILES string of the molecule is Cc1nc(-c2ncccn2)sc1C(=O)N1C[C@@H]2C(Oc3cc(C(C)(C)N)cc(C4=CCC5(CCC5)CC4)n3)[C@@H]2C1. The second-order valence-electron chi connectivity index (χ2n) is 12.7. The summed E-state index contributed by atoms with van der Waals surface area (Å²) < 4.78 is 6.49. The lowest BCUT2D eigenvalue weighted by Gasteiger charge is -2.44. The number of thiazole rings is 1. The lowest BCUT2D eigenvalue weighted by atomic mass is 9.61. The average Bonchev–Trinajstić information content (AvgIpc) is 3.24. The van der Waals surface area contributed by atoms with E-state index in [1.54, 1.807) is 18.5 Å². The summed E-state index contributed by atoms with van der Waals surface area (Å²) in [5.41, 5.74) is 10.7. The van der Waals surface area contributed by atoms with Crippen LogP contribution in [-0.4, -0.2) is 49.9 Å². The summed E-state index contributed by atoms with van der Waals surface area (Å²) in [5.74, 6) is 1.87. The first kappa shape index (κ1) is 25.8. The number of fused-ring (bicyclic) bond motifs is 1. The van der Waals surface area contributed by atoms with Crippen LogP contribution in [0.25, 0.3) is 16.4 Å². The maximum absolute atomic E-state index is 13.4. The van der Waals surface area contributed by atoms with Crippen LogP contribution < -0.4 is 10.5 Å². The van der Waals surface area contributed by atoms with Crippen LogP contribution in [0.2, 0.25) is 0 Å². The number of amides is 1. The van der Waals surface area contributed by atoms with Crippen LogP contribution in [0.15, 0.2) is 36.7 Å². The van der Waals surface area contributed by atoms with E-state index < -0.39 is 5.54 Å². The Labute approximate surface area is 239 Å². The normalized spacial score (nSPS) is 24.9. The quantitative estimate of drug-likeness (QED) is 0.434. The van der Waals surface area contributed by atoms with Crippen molar-refractivity contribution < 1.29 is 9.53 Å². The molecule has 1 unspecified atom stereocenters. The molecule has 8 nitrogen and oxygen atoms in total. The van der Waals surface area contributed by atoms with Gasteiger partial charge < -0.3 is 15.4 Å². The van der Waals surface area contributed by atoms with Crippen molar-refractivity contribution in [2.24, 2.45) is 23.0 Å². The van der Waals surface area contributed by atoms with Crippen LogP contribution in [0.3, 0.4) is 0 Å². The predicted molar refractivity (Wildman–Crippen MR) is 155 cm³/mol. The molecule has 1 saturated heterocycles. The van der Waals surface area contributed by atoms with E-state index in [-0.39, 0.29) is 12.0 Å². The summed E-state index contributed by atoms with van der Waals surface area (Å²) >= 11 is 1.37. The molecule has 3 atom stereocenters. The number of rotatable bonds is 6. The summed E-state index contributed by atoms with van der Waals surface area (Å²) in [4.78, 5) is 34.1. The summed E-state index contributed by atoms with van der Waals surface area (Å²) in [6, 6.07) is 5.93. The Morgan fingerprint density at radius 1 is 1.12 bits per heavy atom. The van der Waals surface area contributed by atoms with Crippen molar-refractivity contribution in [2.75, 3.05) is 13.1 Å². The number of hydrogen-bond donors (Lipinski definition) is 1. The number of nitrogens with two attached hydrogens (primary N) is 1. The van der Waals surface area contributed by atoms with Crippen LogP contribution in [0.1, 0.15) is 79.0 Å². The van der Waals surface area contributed by atoms with Gasteiger partial charge in [-0.05, 0) is 81.6 Å². The second-order valence-corrected chi connectivity index (χ2v) is 13.7. The smallest absolute Gasteiger partial charge is 0.265 e. The van der Waals surface area contributed by atoms with Gasteiger partial charge in [0.15, 0.2) is 10.8 Å². The van der Waals surface area contributed by atoms with Gasteiger partial charge in [0.1, 0.15) is 11.0 Å². The van der Waals surface area contributed by atoms with Crippen LogP contribution in [-0.2, 0) is 5.54 Å². The summed E-state index contributed by atoms with van der Waals surface area (Å²) in [6.45, 7) is 7.30. The molecule has 3 aromatic heterocycles. The Kier molecular flexibility index (Phi) is 6.09. The van der Waals surface area contributed by atoms with Crippen molar-refractivity contribution in [3.63, 3.8) is 0 Å². The molecule has 0 bridgehead atoms. The number of nitrogens with zero attached hydrogens (tertiary/aromatic N) is 5. The van der Waals surface area contributed by atoms with E-state index in [0.29, 0.717) is 51.9 Å². The molecule has 7 rings (SSSR count). The Bertz CT molecular complexity index is 1480. The molecule has 0 aromatic carbocycles. The highest BCUT2D eigenvalue weighted by atomic mass is 32.1. The standard InChI is InChI=1S/C31H36N6O2S/c1-18-26(40-28(35-18)27-33-12-5-13-34-27)29(38)37-16-21-22(17-37)25(21)39-24-15-20(30(2,3)32)14-23(36-24)19-6-10-31(11-7-19)8-4-9-31/h5-6,12-15,21-22,25H,4,7-11,16-17,32H2,1-3H3/t21-,22+,25?. The maximum atomic E-state index is 13.4. The lowest BCUT2D eigenvalue weighted by molar-refractivity contribution is 0.0755. The van der Waals surface area contributed by atoms with Crippen molar-refractivity contribution in [1.82, 2.24) is 24.8 Å². The van der Waals surface area contributed by atoms with Gasteiger partial charge in [-0.1, -0.05) is 12.5 Å². The topological polar surface area (TPSA) is 107 Å². The number of allylic oxidation sites excluding steroid dienone is 2. The van der Waals surface area contributed by atoms with Crippen LogP contribution >= 0.6 is 11.3 Å². The average molecular weight is 557 g/mol. The molecule has 2 N–H and O–H groups in total. The zero-order valence-electron chi connectivity index (χ0n) is 23.4. The van der Waals surface area contributed by atoms with Crippen molar-refractivity contribution in [3.8, 4) is 16.7 Å². The predicted octanol–water partition coefficient (Wildman–Crippen LogP) is 5.38. The highest BCUT2D eigenvalue weighted by molar-refractivity contribution is 7.17. The number of pyridine rings is 1. The fraction of sp³-hybridized carbons (Fsp3) is 0.516. The first-order valence-electron chi connectivity index (χ1n) is 14.4. The van der Waals surface area contributed by atoms with Gasteiger partial charge in [0.2, 0.25) is 5.88 Å². The largest absolute Gasteiger partial charge is 0.474 e. The highest BCUT2D eigenvalue weighted by Gasteiger charge is 2.59. The molecule has 2 saturated carbocycles. The van der Waals surface area contributed by atoms with E-state index in [9.17, 15) is 4.79 Å². The Morgan fingerprint density at radius 3 is 2.50 bits per heavy atom. The number of aryl methyl sites for hydroxylation is 1. The van der Waals surface area contributed by atoms with E-state index in [2.05, 4.69) is 27.1 Å². The van der Waals surface area contributed by atoms with Gasteiger partial charge in [-0.25, -0.2) is 19.9 Å². The summed E-state index contributed by atoms with van der Waals surface area (Å²) in [6.07, 6.45) is 13.4. The Balaban J connectivity index is 1.04.